The number of amides is 1. The Balaban J connectivity index is 1.52. The van der Waals surface area contributed by atoms with Crippen molar-refractivity contribution in [1.82, 2.24) is 20.3 Å². The van der Waals surface area contributed by atoms with Gasteiger partial charge in [-0.1, -0.05) is 59.8 Å². The monoisotopic (exact) mass is 378 g/mol. The summed E-state index contributed by atoms with van der Waals surface area (Å²) in [5.41, 5.74) is 3.70. The topological polar surface area (TPSA) is 69.0 Å². The molecule has 6 heteroatoms. The molecule has 3 aromatic rings. The first kappa shape index (κ1) is 19.6. The first-order valence-corrected chi connectivity index (χ1v) is 9.39. The average molecular weight is 378 g/mol. The number of nitrogens with zero attached hydrogens (tertiary/aromatic N) is 3. The van der Waals surface area contributed by atoms with Gasteiger partial charge in [-0.25, -0.2) is 9.48 Å². The van der Waals surface area contributed by atoms with E-state index in [2.05, 4.69) is 27.8 Å². The van der Waals surface area contributed by atoms with E-state index in [-0.39, 0.29) is 6.09 Å². The van der Waals surface area contributed by atoms with Gasteiger partial charge in [0, 0.05) is 12.1 Å². The van der Waals surface area contributed by atoms with Crippen LogP contribution < -0.4 is 5.32 Å². The van der Waals surface area contributed by atoms with Gasteiger partial charge in [-0.05, 0) is 38.3 Å². The lowest BCUT2D eigenvalue weighted by Crippen LogP contribution is -2.33. The molecule has 1 heterocycles. The molecular weight excluding hydrogens is 352 g/mol. The molecule has 1 amide bonds. The fraction of sp³-hybridized carbons (Fsp3) is 0.318. The van der Waals surface area contributed by atoms with E-state index in [4.69, 9.17) is 4.74 Å². The Morgan fingerprint density at radius 3 is 2.43 bits per heavy atom. The van der Waals surface area contributed by atoms with Crippen LogP contribution in [0.1, 0.15) is 31.9 Å². The maximum absolute atomic E-state index is 11.7. The third kappa shape index (κ3) is 5.94. The fourth-order valence-corrected chi connectivity index (χ4v) is 2.74. The van der Waals surface area contributed by atoms with Crippen LogP contribution in [0, 0.1) is 0 Å². The summed E-state index contributed by atoms with van der Waals surface area (Å²) < 4.78 is 7.07. The van der Waals surface area contributed by atoms with Gasteiger partial charge in [0.25, 0.3) is 0 Å². The molecule has 1 N–H and O–H groups in total. The second-order valence-corrected chi connectivity index (χ2v) is 7.66. The van der Waals surface area contributed by atoms with Crippen molar-refractivity contribution < 1.29 is 9.53 Å². The van der Waals surface area contributed by atoms with Gasteiger partial charge in [-0.3, -0.25) is 0 Å². The van der Waals surface area contributed by atoms with Gasteiger partial charge in [0.05, 0.1) is 12.7 Å². The minimum absolute atomic E-state index is 0.390. The molecule has 0 saturated carbocycles. The number of alkyl carbamates (subject to hydrolysis) is 1. The minimum Gasteiger partial charge on any atom is -0.444 e. The zero-order valence-corrected chi connectivity index (χ0v) is 16.6. The largest absolute Gasteiger partial charge is 0.444 e. The Morgan fingerprint density at radius 1 is 1.04 bits per heavy atom. The molecule has 0 spiro atoms. The average Bonchev–Trinajstić information content (AvgIpc) is 3.10. The van der Waals surface area contributed by atoms with Crippen LogP contribution in [-0.2, 0) is 17.7 Å². The summed E-state index contributed by atoms with van der Waals surface area (Å²) in [5.74, 6) is 0. The van der Waals surface area contributed by atoms with Gasteiger partial charge < -0.3 is 10.1 Å². The van der Waals surface area contributed by atoms with Gasteiger partial charge in [0.2, 0.25) is 0 Å². The number of aromatic nitrogens is 3. The van der Waals surface area contributed by atoms with Crippen molar-refractivity contribution in [3.63, 3.8) is 0 Å². The number of benzene rings is 2. The smallest absolute Gasteiger partial charge is 0.407 e. The predicted octanol–water partition coefficient (Wildman–Crippen LogP) is 4.06. The lowest BCUT2D eigenvalue weighted by Gasteiger charge is -2.19. The van der Waals surface area contributed by atoms with Crippen molar-refractivity contribution in [3.05, 3.63) is 71.9 Å². The molecule has 3 rings (SSSR count). The summed E-state index contributed by atoms with van der Waals surface area (Å²) in [4.78, 5) is 11.7. The van der Waals surface area contributed by atoms with E-state index in [9.17, 15) is 4.79 Å². The number of hydrogen-bond donors (Lipinski definition) is 1. The first-order chi connectivity index (χ1) is 13.4. The van der Waals surface area contributed by atoms with Crippen LogP contribution in [0.2, 0.25) is 0 Å². The summed E-state index contributed by atoms with van der Waals surface area (Å²) in [6.45, 7) is 6.77. The van der Waals surface area contributed by atoms with Crippen LogP contribution in [0.4, 0.5) is 4.79 Å². The Morgan fingerprint density at radius 2 is 1.75 bits per heavy atom. The third-order valence-electron chi connectivity index (χ3n) is 4.06. The SMILES string of the molecule is CC(C)(C)OC(=O)NCCc1ccc(-c2cn(Cc3ccccc3)nn2)cc1. The van der Waals surface area contributed by atoms with Gasteiger partial charge in [0.15, 0.2) is 0 Å². The number of hydrogen-bond acceptors (Lipinski definition) is 4. The Hall–Kier alpha value is -3.15. The molecule has 0 aliphatic heterocycles. The predicted molar refractivity (Wildman–Crippen MR) is 109 cm³/mol. The molecule has 0 radical (unpaired) electrons. The Labute approximate surface area is 165 Å². The summed E-state index contributed by atoms with van der Waals surface area (Å²) >= 11 is 0. The van der Waals surface area contributed by atoms with Crippen LogP contribution >= 0.6 is 0 Å². The molecule has 0 saturated heterocycles. The van der Waals surface area contributed by atoms with E-state index in [1.54, 1.807) is 0 Å². The fourth-order valence-electron chi connectivity index (χ4n) is 2.74. The number of nitrogens with one attached hydrogen (secondary N) is 1. The summed E-state index contributed by atoms with van der Waals surface area (Å²) in [6.07, 6.45) is 2.30. The molecule has 0 aliphatic carbocycles. The number of rotatable bonds is 6. The van der Waals surface area contributed by atoms with Crippen molar-refractivity contribution in [2.24, 2.45) is 0 Å². The van der Waals surface area contributed by atoms with E-state index in [1.807, 2.05) is 74.1 Å². The maximum atomic E-state index is 11.7. The Bertz CT molecular complexity index is 896. The van der Waals surface area contributed by atoms with Crippen LogP contribution in [0.5, 0.6) is 0 Å². The molecule has 0 bridgehead atoms. The molecule has 146 valence electrons. The van der Waals surface area contributed by atoms with Crippen molar-refractivity contribution >= 4 is 6.09 Å². The second kappa shape index (κ2) is 8.69. The van der Waals surface area contributed by atoms with E-state index in [0.717, 1.165) is 23.2 Å². The van der Waals surface area contributed by atoms with E-state index in [0.29, 0.717) is 13.1 Å². The lowest BCUT2D eigenvalue weighted by atomic mass is 10.1. The minimum atomic E-state index is -0.482. The molecule has 28 heavy (non-hydrogen) atoms. The molecule has 2 aromatic carbocycles. The van der Waals surface area contributed by atoms with Crippen molar-refractivity contribution in [2.45, 2.75) is 39.3 Å². The molecule has 0 atom stereocenters. The third-order valence-corrected chi connectivity index (χ3v) is 4.06. The van der Waals surface area contributed by atoms with Crippen LogP contribution in [0.25, 0.3) is 11.3 Å². The number of ether oxygens (including phenoxy) is 1. The first-order valence-electron chi connectivity index (χ1n) is 9.39. The van der Waals surface area contributed by atoms with Gasteiger partial charge in [-0.15, -0.1) is 5.10 Å². The van der Waals surface area contributed by atoms with E-state index in [1.165, 1.54) is 5.56 Å². The lowest BCUT2D eigenvalue weighted by molar-refractivity contribution is 0.0528. The standard InChI is InChI=1S/C22H26N4O2/c1-22(2,3)28-21(27)23-14-13-17-9-11-19(12-10-17)20-16-26(25-24-20)15-18-7-5-4-6-8-18/h4-12,16H,13-15H2,1-3H3,(H,23,27). The van der Waals surface area contributed by atoms with Gasteiger partial charge in [0.1, 0.15) is 11.3 Å². The van der Waals surface area contributed by atoms with E-state index < -0.39 is 5.60 Å². The molecule has 0 fully saturated rings. The normalized spacial score (nSPS) is 11.2. The molecular formula is C22H26N4O2. The van der Waals surface area contributed by atoms with Crippen molar-refractivity contribution in [1.29, 1.82) is 0 Å². The summed E-state index contributed by atoms with van der Waals surface area (Å²) in [7, 11) is 0. The van der Waals surface area contributed by atoms with Crippen LogP contribution in [-0.4, -0.2) is 33.2 Å². The van der Waals surface area contributed by atoms with E-state index >= 15 is 0 Å². The van der Waals surface area contributed by atoms with Gasteiger partial charge >= 0.3 is 6.09 Å². The maximum Gasteiger partial charge on any atom is 0.407 e. The zero-order valence-electron chi connectivity index (χ0n) is 16.6. The summed E-state index contributed by atoms with van der Waals surface area (Å²) in [5, 5.41) is 11.3. The van der Waals surface area contributed by atoms with Crippen LogP contribution in [0.15, 0.2) is 60.8 Å². The highest BCUT2D eigenvalue weighted by Crippen LogP contribution is 2.17. The quantitative estimate of drug-likeness (QED) is 0.702. The zero-order chi connectivity index (χ0) is 20.0. The van der Waals surface area contributed by atoms with Crippen molar-refractivity contribution in [3.8, 4) is 11.3 Å². The number of carbonyl (C=O) groups excluding carboxylic acids is 1. The summed E-state index contributed by atoms with van der Waals surface area (Å²) in [6, 6.07) is 18.3. The molecule has 0 unspecified atom stereocenters. The molecule has 1 aromatic heterocycles. The highest BCUT2D eigenvalue weighted by Gasteiger charge is 2.15. The highest BCUT2D eigenvalue weighted by atomic mass is 16.6. The number of carbonyl (C=O) groups is 1. The molecule has 0 aliphatic rings. The second-order valence-electron chi connectivity index (χ2n) is 7.66. The highest BCUT2D eigenvalue weighted by molar-refractivity contribution is 5.67. The van der Waals surface area contributed by atoms with Crippen LogP contribution in [0.3, 0.4) is 0 Å². The van der Waals surface area contributed by atoms with Crippen molar-refractivity contribution in [2.75, 3.05) is 6.54 Å². The van der Waals surface area contributed by atoms with Gasteiger partial charge in [-0.2, -0.15) is 0 Å². The Kier molecular flexibility index (Phi) is 6.09. The molecule has 6 nitrogen and oxygen atoms in total.